The molecule has 5 nitrogen and oxygen atoms in total. The van der Waals surface area contributed by atoms with E-state index in [9.17, 15) is 9.90 Å². The summed E-state index contributed by atoms with van der Waals surface area (Å²) in [6.07, 6.45) is 1.59. The van der Waals surface area contributed by atoms with Gasteiger partial charge in [0.2, 0.25) is 0 Å². The number of likely N-dealkylation sites (tertiary alicyclic amines) is 1. The first kappa shape index (κ1) is 18.2. The second kappa shape index (κ2) is 6.96. The van der Waals surface area contributed by atoms with Crippen molar-refractivity contribution in [3.05, 3.63) is 35.9 Å². The molecule has 2 aliphatic rings. The van der Waals surface area contributed by atoms with Gasteiger partial charge in [-0.15, -0.1) is 0 Å². The van der Waals surface area contributed by atoms with E-state index in [1.54, 1.807) is 0 Å². The van der Waals surface area contributed by atoms with Crippen molar-refractivity contribution < 1.29 is 14.6 Å². The molecule has 1 aliphatic carbocycles. The number of hydrogen-bond acceptors (Lipinski definition) is 4. The van der Waals surface area contributed by atoms with Gasteiger partial charge >= 0.3 is 6.09 Å². The molecule has 1 aromatic rings. The van der Waals surface area contributed by atoms with Crippen LogP contribution in [0.5, 0.6) is 0 Å². The molecule has 0 radical (unpaired) electrons. The zero-order valence-corrected chi connectivity index (χ0v) is 15.5. The first-order valence-electron chi connectivity index (χ1n) is 9.20. The third-order valence-electron chi connectivity index (χ3n) is 5.25. The molecule has 138 valence electrons. The largest absolute Gasteiger partial charge is 0.444 e. The summed E-state index contributed by atoms with van der Waals surface area (Å²) >= 11 is 0. The van der Waals surface area contributed by atoms with Crippen LogP contribution in [0.2, 0.25) is 0 Å². The van der Waals surface area contributed by atoms with Crippen LogP contribution in [0.4, 0.5) is 4.79 Å². The van der Waals surface area contributed by atoms with Gasteiger partial charge in [0.15, 0.2) is 0 Å². The average Bonchev–Trinajstić information content (AvgIpc) is 3.17. The van der Waals surface area contributed by atoms with Gasteiger partial charge in [0, 0.05) is 43.6 Å². The molecule has 0 aromatic heterocycles. The number of rotatable bonds is 5. The molecule has 2 N–H and O–H groups in total. The van der Waals surface area contributed by atoms with E-state index in [1.165, 1.54) is 5.56 Å². The van der Waals surface area contributed by atoms with Gasteiger partial charge in [0.25, 0.3) is 0 Å². The Morgan fingerprint density at radius 1 is 1.28 bits per heavy atom. The summed E-state index contributed by atoms with van der Waals surface area (Å²) < 4.78 is 5.44. The monoisotopic (exact) mass is 346 g/mol. The smallest absolute Gasteiger partial charge is 0.408 e. The van der Waals surface area contributed by atoms with Crippen molar-refractivity contribution in [2.45, 2.75) is 51.3 Å². The highest BCUT2D eigenvalue weighted by Crippen LogP contribution is 2.48. The number of hydrogen-bond donors (Lipinski definition) is 2. The molecule has 0 bridgehead atoms. The Kier molecular flexibility index (Phi) is 5.07. The fourth-order valence-corrected chi connectivity index (χ4v) is 3.97. The zero-order valence-electron chi connectivity index (χ0n) is 15.5. The van der Waals surface area contributed by atoms with E-state index in [0.717, 1.165) is 32.5 Å². The average molecular weight is 346 g/mol. The summed E-state index contributed by atoms with van der Waals surface area (Å²) in [6.45, 7) is 8.44. The lowest BCUT2D eigenvalue weighted by Crippen LogP contribution is -2.47. The SMILES string of the molecule is CC(C)(C)OC(=O)NC1([C@H]2CN(Cc3ccccc3)C[C@H]2CO)CC1. The number of amides is 1. The Morgan fingerprint density at radius 2 is 1.96 bits per heavy atom. The lowest BCUT2D eigenvalue weighted by atomic mass is 9.87. The molecular weight excluding hydrogens is 316 g/mol. The summed E-state index contributed by atoms with van der Waals surface area (Å²) in [7, 11) is 0. The highest BCUT2D eigenvalue weighted by molar-refractivity contribution is 5.69. The van der Waals surface area contributed by atoms with Gasteiger partial charge in [-0.3, -0.25) is 4.90 Å². The van der Waals surface area contributed by atoms with Crippen LogP contribution in [0.15, 0.2) is 30.3 Å². The molecule has 1 saturated carbocycles. The third-order valence-corrected chi connectivity index (χ3v) is 5.25. The third kappa shape index (κ3) is 4.53. The maximum absolute atomic E-state index is 12.2. The highest BCUT2D eigenvalue weighted by atomic mass is 16.6. The van der Waals surface area contributed by atoms with E-state index in [-0.39, 0.29) is 30.1 Å². The van der Waals surface area contributed by atoms with Crippen LogP contribution in [0.25, 0.3) is 0 Å². The summed E-state index contributed by atoms with van der Waals surface area (Å²) in [5.41, 5.74) is 0.581. The van der Waals surface area contributed by atoms with E-state index >= 15 is 0 Å². The lowest BCUT2D eigenvalue weighted by molar-refractivity contribution is 0.0457. The topological polar surface area (TPSA) is 61.8 Å². The van der Waals surface area contributed by atoms with Gasteiger partial charge in [-0.2, -0.15) is 0 Å². The van der Waals surface area contributed by atoms with Crippen LogP contribution in [-0.4, -0.2) is 46.9 Å². The first-order valence-corrected chi connectivity index (χ1v) is 9.20. The predicted molar refractivity (Wildman–Crippen MR) is 97.1 cm³/mol. The van der Waals surface area contributed by atoms with Gasteiger partial charge < -0.3 is 15.2 Å². The molecule has 1 saturated heterocycles. The minimum Gasteiger partial charge on any atom is -0.444 e. The van der Waals surface area contributed by atoms with Crippen molar-refractivity contribution in [3.8, 4) is 0 Å². The van der Waals surface area contributed by atoms with Crippen LogP contribution in [0.3, 0.4) is 0 Å². The van der Waals surface area contributed by atoms with Crippen LogP contribution in [-0.2, 0) is 11.3 Å². The lowest BCUT2D eigenvalue weighted by Gasteiger charge is -2.29. The number of aliphatic hydroxyl groups is 1. The number of nitrogens with one attached hydrogen (secondary N) is 1. The van der Waals surface area contributed by atoms with Crippen molar-refractivity contribution in [1.82, 2.24) is 10.2 Å². The van der Waals surface area contributed by atoms with Gasteiger partial charge in [0.05, 0.1) is 0 Å². The van der Waals surface area contributed by atoms with Crippen molar-refractivity contribution in [2.24, 2.45) is 11.8 Å². The molecule has 1 amide bonds. The van der Waals surface area contributed by atoms with Crippen LogP contribution >= 0.6 is 0 Å². The summed E-state index contributed by atoms with van der Waals surface area (Å²) in [6, 6.07) is 10.4. The number of nitrogens with zero attached hydrogens (tertiary/aromatic N) is 1. The minimum absolute atomic E-state index is 0.160. The molecule has 25 heavy (non-hydrogen) atoms. The van der Waals surface area contributed by atoms with Crippen LogP contribution < -0.4 is 5.32 Å². The number of carbonyl (C=O) groups is 1. The van der Waals surface area contributed by atoms with Gasteiger partial charge in [-0.1, -0.05) is 30.3 Å². The molecule has 2 atom stereocenters. The number of ether oxygens (including phenoxy) is 1. The van der Waals surface area contributed by atoms with Crippen molar-refractivity contribution >= 4 is 6.09 Å². The molecule has 2 fully saturated rings. The maximum Gasteiger partial charge on any atom is 0.408 e. The van der Waals surface area contributed by atoms with Gasteiger partial charge in [-0.25, -0.2) is 4.79 Å². The van der Waals surface area contributed by atoms with Crippen molar-refractivity contribution in [2.75, 3.05) is 19.7 Å². The summed E-state index contributed by atoms with van der Waals surface area (Å²) in [5, 5.41) is 13.0. The van der Waals surface area contributed by atoms with Crippen molar-refractivity contribution in [3.63, 3.8) is 0 Å². The van der Waals surface area contributed by atoms with Gasteiger partial charge in [-0.05, 0) is 39.2 Å². The Balaban J connectivity index is 1.63. The number of alkyl carbamates (subject to hydrolysis) is 1. The van der Waals surface area contributed by atoms with E-state index in [2.05, 4.69) is 34.5 Å². The standard InChI is InChI=1S/C20H30N2O3/c1-19(2,3)25-18(24)21-20(9-10-20)17-13-22(12-16(17)14-23)11-15-7-5-4-6-8-15/h4-8,16-17,23H,9-14H2,1-3H3,(H,21,24)/t16-,17-/m0/s1. The molecule has 1 aromatic carbocycles. The number of aliphatic hydroxyl groups excluding tert-OH is 1. The van der Waals surface area contributed by atoms with Crippen LogP contribution in [0.1, 0.15) is 39.2 Å². The molecule has 0 unspecified atom stereocenters. The van der Waals surface area contributed by atoms with Gasteiger partial charge in [0.1, 0.15) is 5.60 Å². The molecule has 5 heteroatoms. The second-order valence-corrected chi connectivity index (χ2v) is 8.51. The predicted octanol–water partition coefficient (Wildman–Crippen LogP) is 2.78. The Morgan fingerprint density at radius 3 is 2.52 bits per heavy atom. The molecule has 0 spiro atoms. The summed E-state index contributed by atoms with van der Waals surface area (Å²) in [4.78, 5) is 14.6. The Hall–Kier alpha value is -1.59. The van der Waals surface area contributed by atoms with E-state index in [4.69, 9.17) is 4.74 Å². The first-order chi connectivity index (χ1) is 11.8. The Bertz CT molecular complexity index is 593. The van der Waals surface area contributed by atoms with E-state index in [1.807, 2.05) is 26.8 Å². The Labute approximate surface area is 150 Å². The molecule has 1 aliphatic heterocycles. The quantitative estimate of drug-likeness (QED) is 0.861. The minimum atomic E-state index is -0.494. The second-order valence-electron chi connectivity index (χ2n) is 8.51. The van der Waals surface area contributed by atoms with Crippen molar-refractivity contribution in [1.29, 1.82) is 0 Å². The normalized spacial score (nSPS) is 25.6. The van der Waals surface area contributed by atoms with Crippen LogP contribution in [0, 0.1) is 11.8 Å². The molecular formula is C20H30N2O3. The molecule has 1 heterocycles. The zero-order chi connectivity index (χ0) is 18.1. The highest BCUT2D eigenvalue weighted by Gasteiger charge is 2.56. The van der Waals surface area contributed by atoms with E-state index in [0.29, 0.717) is 0 Å². The number of carbonyl (C=O) groups excluding carboxylic acids is 1. The maximum atomic E-state index is 12.2. The number of benzene rings is 1. The summed E-state index contributed by atoms with van der Waals surface area (Å²) in [5.74, 6) is 0.467. The fraction of sp³-hybridized carbons (Fsp3) is 0.650. The fourth-order valence-electron chi connectivity index (χ4n) is 3.97. The van der Waals surface area contributed by atoms with E-state index < -0.39 is 5.60 Å². The molecule has 3 rings (SSSR count).